The van der Waals surface area contributed by atoms with Gasteiger partial charge in [-0.2, -0.15) is 5.48 Å². The van der Waals surface area contributed by atoms with E-state index < -0.39 is 22.1 Å². The molecule has 170 valence electrons. The lowest BCUT2D eigenvalue weighted by molar-refractivity contribution is -0.397. The van der Waals surface area contributed by atoms with Gasteiger partial charge in [0.1, 0.15) is 30.9 Å². The van der Waals surface area contributed by atoms with E-state index in [0.29, 0.717) is 6.54 Å². The van der Waals surface area contributed by atoms with E-state index in [4.69, 9.17) is 9.57 Å². The Morgan fingerprint density at radius 1 is 1.33 bits per heavy atom. The van der Waals surface area contributed by atoms with Crippen molar-refractivity contribution in [2.45, 2.75) is 58.3 Å². The van der Waals surface area contributed by atoms with Gasteiger partial charge < -0.3 is 25.3 Å². The van der Waals surface area contributed by atoms with Crippen LogP contribution in [0.2, 0.25) is 0 Å². The highest BCUT2D eigenvalue weighted by molar-refractivity contribution is 5.88. The van der Waals surface area contributed by atoms with Gasteiger partial charge in [0.2, 0.25) is 0 Å². The van der Waals surface area contributed by atoms with Gasteiger partial charge in [0.15, 0.2) is 5.78 Å². The number of carbonyl (C=O) groups is 2. The predicted octanol–water partition coefficient (Wildman–Crippen LogP) is -0.00510. The fourth-order valence-electron chi connectivity index (χ4n) is 2.19. The third kappa shape index (κ3) is 8.24. The molecule has 1 rings (SSSR count). The van der Waals surface area contributed by atoms with Crippen LogP contribution in [0.25, 0.3) is 0 Å². The lowest BCUT2D eigenvalue weighted by atomic mass is 10.0. The average molecular weight is 429 g/mol. The number of ether oxygens (including phenoxy) is 1. The smallest absolute Gasteiger partial charge is 0.390 e. The van der Waals surface area contributed by atoms with E-state index in [2.05, 4.69) is 15.8 Å². The van der Waals surface area contributed by atoms with Gasteiger partial charge in [-0.15, -0.1) is 0 Å². The van der Waals surface area contributed by atoms with Gasteiger partial charge in [0, 0.05) is 6.54 Å². The van der Waals surface area contributed by atoms with Crippen molar-refractivity contribution >= 4 is 17.5 Å². The molecular weight excluding hydrogens is 398 g/mol. The van der Waals surface area contributed by atoms with Gasteiger partial charge in [-0.05, 0) is 39.5 Å². The summed E-state index contributed by atoms with van der Waals surface area (Å²) in [6.45, 7) is 8.39. The lowest BCUT2D eigenvalue weighted by Gasteiger charge is -2.26. The molecule has 0 aliphatic carbocycles. The Kier molecular flexibility index (Phi) is 9.65. The number of nitrogens with zero attached hydrogens (tertiary/aromatic N) is 3. The minimum atomic E-state index is -1.05. The number of hydroxylamine groups is 1. The second-order valence-corrected chi connectivity index (χ2v) is 7.91. The molecule has 0 saturated heterocycles. The van der Waals surface area contributed by atoms with E-state index in [9.17, 15) is 24.8 Å². The highest BCUT2D eigenvalue weighted by atomic mass is 16.6. The number of aromatic nitrogens is 2. The van der Waals surface area contributed by atoms with Crippen LogP contribution < -0.4 is 10.8 Å². The Bertz CT molecular complexity index is 732. The number of hydrogen-bond donors (Lipinski definition) is 3. The van der Waals surface area contributed by atoms with Crippen LogP contribution in [-0.2, 0) is 25.7 Å². The highest BCUT2D eigenvalue weighted by Gasteiger charge is 2.28. The fourth-order valence-corrected chi connectivity index (χ4v) is 2.19. The maximum atomic E-state index is 12.3. The molecule has 12 heteroatoms. The molecule has 1 aromatic heterocycles. The Hall–Kier alpha value is -2.25. The van der Waals surface area contributed by atoms with Crippen LogP contribution in [0.15, 0.2) is 12.4 Å². The normalized spacial score (nSPS) is 13.3. The number of nitrogens with one attached hydrogen (secondary N) is 2. The van der Waals surface area contributed by atoms with Crippen LogP contribution in [0, 0.1) is 10.1 Å². The van der Waals surface area contributed by atoms with Crippen LogP contribution in [0.4, 0.5) is 5.95 Å². The summed E-state index contributed by atoms with van der Waals surface area (Å²) in [6, 6.07) is 0. The minimum Gasteiger partial charge on any atom is -0.390 e. The van der Waals surface area contributed by atoms with E-state index in [-0.39, 0.29) is 43.9 Å². The van der Waals surface area contributed by atoms with Crippen molar-refractivity contribution in [3.05, 3.63) is 22.5 Å². The first-order valence-corrected chi connectivity index (χ1v) is 9.46. The monoisotopic (exact) mass is 429 g/mol. The summed E-state index contributed by atoms with van der Waals surface area (Å²) >= 11 is 0. The molecule has 0 amide bonds. The Morgan fingerprint density at radius 2 is 2.00 bits per heavy atom. The first kappa shape index (κ1) is 25.8. The Labute approximate surface area is 175 Å². The summed E-state index contributed by atoms with van der Waals surface area (Å²) in [5, 5.41) is 23.8. The summed E-state index contributed by atoms with van der Waals surface area (Å²) in [7, 11) is 0. The molecule has 1 heterocycles. The van der Waals surface area contributed by atoms with E-state index >= 15 is 0 Å². The summed E-state index contributed by atoms with van der Waals surface area (Å²) in [5.74, 6) is -0.679. The van der Waals surface area contributed by atoms with Crippen molar-refractivity contribution in [3.8, 4) is 0 Å². The first-order valence-electron chi connectivity index (χ1n) is 9.46. The van der Waals surface area contributed by atoms with Crippen LogP contribution in [0.5, 0.6) is 0 Å². The van der Waals surface area contributed by atoms with Crippen molar-refractivity contribution in [3.63, 3.8) is 0 Å². The van der Waals surface area contributed by atoms with E-state index in [1.807, 2.05) is 0 Å². The topological polar surface area (TPSA) is 158 Å². The molecule has 0 spiro atoms. The molecule has 0 radical (unpaired) electrons. The molecule has 1 unspecified atom stereocenters. The van der Waals surface area contributed by atoms with Gasteiger partial charge >= 0.3 is 5.95 Å². The van der Waals surface area contributed by atoms with Gasteiger partial charge in [0.25, 0.3) is 0 Å². The molecule has 0 aliphatic heterocycles. The van der Waals surface area contributed by atoms with E-state index in [0.717, 1.165) is 0 Å². The van der Waals surface area contributed by atoms with Crippen LogP contribution in [-0.4, -0.2) is 74.7 Å². The van der Waals surface area contributed by atoms with E-state index in [1.54, 1.807) is 27.7 Å². The third-order valence-electron chi connectivity index (χ3n) is 4.48. The molecule has 0 aliphatic rings. The number of Topliss-reactive ketones (excluding diaryl/α,β-unsaturated/α-hetero) is 2. The van der Waals surface area contributed by atoms with Crippen molar-refractivity contribution in [2.75, 3.05) is 26.4 Å². The van der Waals surface area contributed by atoms with Gasteiger partial charge in [-0.25, -0.2) is 4.57 Å². The molecule has 0 bridgehead atoms. The average Bonchev–Trinajstić information content (AvgIpc) is 3.09. The summed E-state index contributed by atoms with van der Waals surface area (Å²) < 4.78 is 6.43. The minimum absolute atomic E-state index is 0.00736. The Balaban J connectivity index is 2.31. The van der Waals surface area contributed by atoms with Crippen LogP contribution >= 0.6 is 0 Å². The number of hydrogen-bond acceptors (Lipinski definition) is 10. The van der Waals surface area contributed by atoms with Crippen molar-refractivity contribution in [2.24, 2.45) is 0 Å². The first-order chi connectivity index (χ1) is 13.9. The van der Waals surface area contributed by atoms with Crippen molar-refractivity contribution in [1.29, 1.82) is 0 Å². The van der Waals surface area contributed by atoms with Gasteiger partial charge in [0.05, 0.1) is 30.8 Å². The molecule has 1 atom stereocenters. The number of ketones is 2. The van der Waals surface area contributed by atoms with Crippen LogP contribution in [0.1, 0.15) is 34.6 Å². The number of carbonyl (C=O) groups excluding carboxylic acids is 2. The number of imidazole rings is 1. The fraction of sp³-hybridized carbons (Fsp3) is 0.722. The summed E-state index contributed by atoms with van der Waals surface area (Å²) in [5.41, 5.74) is 0.975. The predicted molar refractivity (Wildman–Crippen MR) is 107 cm³/mol. The molecule has 0 aromatic carbocycles. The molecule has 1 aromatic rings. The molecule has 0 fully saturated rings. The largest absolute Gasteiger partial charge is 0.434 e. The summed E-state index contributed by atoms with van der Waals surface area (Å²) in [4.78, 5) is 42.8. The highest BCUT2D eigenvalue weighted by Crippen LogP contribution is 2.09. The van der Waals surface area contributed by atoms with Gasteiger partial charge in [-0.1, -0.05) is 4.98 Å². The number of nitro groups is 1. The Morgan fingerprint density at radius 3 is 2.60 bits per heavy atom. The van der Waals surface area contributed by atoms with Crippen molar-refractivity contribution in [1.82, 2.24) is 20.3 Å². The second kappa shape index (κ2) is 11.2. The number of aliphatic hydroxyl groups is 1. The zero-order valence-corrected chi connectivity index (χ0v) is 18.0. The van der Waals surface area contributed by atoms with Crippen molar-refractivity contribution < 1.29 is 29.2 Å². The zero-order chi connectivity index (χ0) is 22.9. The lowest BCUT2D eigenvalue weighted by Crippen LogP contribution is -2.50. The molecule has 12 nitrogen and oxygen atoms in total. The molecule has 3 N–H and O–H groups in total. The maximum Gasteiger partial charge on any atom is 0.434 e. The maximum absolute atomic E-state index is 12.3. The second-order valence-electron chi connectivity index (χ2n) is 7.91. The quantitative estimate of drug-likeness (QED) is 0.197. The SMILES string of the molecule is CC(=O)C(C)(C)NCCONC(C)(C)C(=O)COCC(O)Cn1ccnc1[N+](=O)[O-]. The van der Waals surface area contributed by atoms with Crippen LogP contribution in [0.3, 0.4) is 0 Å². The third-order valence-corrected chi connectivity index (χ3v) is 4.48. The number of rotatable bonds is 15. The molecule has 30 heavy (non-hydrogen) atoms. The molecular formula is C18H31N5O7. The van der Waals surface area contributed by atoms with E-state index in [1.165, 1.54) is 23.9 Å². The van der Waals surface area contributed by atoms with Gasteiger partial charge in [-0.3, -0.25) is 14.4 Å². The zero-order valence-electron chi connectivity index (χ0n) is 18.0. The summed E-state index contributed by atoms with van der Waals surface area (Å²) in [6.07, 6.45) is 1.59. The molecule has 0 saturated carbocycles. The standard InChI is InChI=1S/C18H31N5O7/c1-13(24)17(2,3)20-7-9-30-21-18(4,5)15(26)12-29-11-14(25)10-22-8-6-19-16(22)23(27)28/h6,8,14,20-21,25H,7,9-12H2,1-5H3. The number of aliphatic hydroxyl groups excluding tert-OH is 1.